The van der Waals surface area contributed by atoms with Crippen LogP contribution in [0.25, 0.3) is 0 Å². The van der Waals surface area contributed by atoms with Gasteiger partial charge in [0.1, 0.15) is 15.7 Å². The molecule has 0 aliphatic rings. The first-order chi connectivity index (χ1) is 6.25. The van der Waals surface area contributed by atoms with Crippen LogP contribution < -0.4 is 16.7 Å². The van der Waals surface area contributed by atoms with Crippen LogP contribution in [0.3, 0.4) is 0 Å². The van der Waals surface area contributed by atoms with Crippen LogP contribution in [0.5, 0.6) is 0 Å². The Morgan fingerprint density at radius 3 is 2.38 bits per heavy atom. The van der Waals surface area contributed by atoms with E-state index < -0.39 is 0 Å². The fourth-order valence-electron chi connectivity index (χ4n) is 0.896. The summed E-state index contributed by atoms with van der Waals surface area (Å²) in [6, 6.07) is 5.27. The highest BCUT2D eigenvalue weighted by atomic mass is 14.7. The van der Waals surface area contributed by atoms with E-state index in [9.17, 15) is 0 Å². The lowest BCUT2D eigenvalue weighted by atomic mass is 9.85. The number of aliphatic imine (C=N–C) groups is 1. The van der Waals surface area contributed by atoms with Crippen molar-refractivity contribution >= 4 is 38.5 Å². The van der Waals surface area contributed by atoms with E-state index >= 15 is 0 Å². The standard InChI is InChI=1S/C9H8B2N2/c10-7-3-1-4-8(11)9(7)13-6-2-5-12/h1-6H,12H2/b5-2-,13-6?. The Morgan fingerprint density at radius 2 is 1.85 bits per heavy atom. The van der Waals surface area contributed by atoms with E-state index in [1.165, 1.54) is 6.20 Å². The lowest BCUT2D eigenvalue weighted by Crippen LogP contribution is -2.14. The number of allylic oxidation sites excluding steroid dienone is 1. The summed E-state index contributed by atoms with van der Waals surface area (Å²) in [5.41, 5.74) is 6.83. The van der Waals surface area contributed by atoms with Crippen molar-refractivity contribution in [3.05, 3.63) is 30.5 Å². The van der Waals surface area contributed by atoms with Crippen molar-refractivity contribution in [3.8, 4) is 0 Å². The van der Waals surface area contributed by atoms with E-state index in [0.717, 1.165) is 0 Å². The molecule has 1 aromatic carbocycles. The van der Waals surface area contributed by atoms with E-state index in [1.807, 2.05) is 0 Å². The number of para-hydroxylation sites is 1. The van der Waals surface area contributed by atoms with Crippen LogP contribution in [-0.4, -0.2) is 21.9 Å². The lowest BCUT2D eigenvalue weighted by molar-refractivity contribution is 1.59. The van der Waals surface area contributed by atoms with Crippen LogP contribution >= 0.6 is 0 Å². The summed E-state index contributed by atoms with van der Waals surface area (Å²) in [5.74, 6) is 0. The quantitative estimate of drug-likeness (QED) is 0.464. The second kappa shape index (κ2) is 4.55. The Labute approximate surface area is 80.4 Å². The molecule has 0 fully saturated rings. The highest BCUT2D eigenvalue weighted by Crippen LogP contribution is 2.01. The van der Waals surface area contributed by atoms with E-state index in [4.69, 9.17) is 21.4 Å². The summed E-state index contributed by atoms with van der Waals surface area (Å²) in [6.45, 7) is 0. The van der Waals surface area contributed by atoms with Gasteiger partial charge in [0.05, 0.1) is 0 Å². The molecular weight excluding hydrogens is 158 g/mol. The molecular formula is C9H8B2N2. The molecule has 0 saturated heterocycles. The molecule has 2 nitrogen and oxygen atoms in total. The number of hydrogen-bond acceptors (Lipinski definition) is 2. The molecule has 0 unspecified atom stereocenters. The minimum absolute atomic E-state index is 0.557. The fraction of sp³-hybridized carbons (Fsp3) is 0. The Balaban J connectivity index is 2.99. The van der Waals surface area contributed by atoms with Crippen LogP contribution in [0.1, 0.15) is 0 Å². The van der Waals surface area contributed by atoms with Crippen LogP contribution in [0.2, 0.25) is 0 Å². The molecule has 1 aromatic rings. The number of nitrogens with two attached hydrogens (primary N) is 1. The third kappa shape index (κ3) is 2.51. The van der Waals surface area contributed by atoms with Crippen molar-refractivity contribution in [2.75, 3.05) is 0 Å². The zero-order chi connectivity index (χ0) is 9.68. The first kappa shape index (κ1) is 9.65. The smallest absolute Gasteiger partial charge is 0.116 e. The third-order valence-corrected chi connectivity index (χ3v) is 1.50. The van der Waals surface area contributed by atoms with Crippen molar-refractivity contribution in [1.29, 1.82) is 0 Å². The molecule has 13 heavy (non-hydrogen) atoms. The van der Waals surface area contributed by atoms with E-state index in [0.29, 0.717) is 16.6 Å². The summed E-state index contributed by atoms with van der Waals surface area (Å²) in [4.78, 5) is 4.05. The van der Waals surface area contributed by atoms with E-state index in [1.54, 1.807) is 30.5 Å². The lowest BCUT2D eigenvalue weighted by Gasteiger charge is -2.03. The molecule has 0 atom stereocenters. The van der Waals surface area contributed by atoms with Gasteiger partial charge < -0.3 is 5.73 Å². The van der Waals surface area contributed by atoms with Crippen molar-refractivity contribution in [1.82, 2.24) is 0 Å². The van der Waals surface area contributed by atoms with Gasteiger partial charge in [-0.05, 0) is 12.3 Å². The number of nitrogens with zero attached hydrogens (tertiary/aromatic N) is 1. The van der Waals surface area contributed by atoms with Gasteiger partial charge in [0, 0.05) is 11.9 Å². The van der Waals surface area contributed by atoms with Crippen LogP contribution in [0.4, 0.5) is 5.69 Å². The van der Waals surface area contributed by atoms with Crippen molar-refractivity contribution in [2.45, 2.75) is 0 Å². The minimum Gasteiger partial charge on any atom is -0.405 e. The van der Waals surface area contributed by atoms with Gasteiger partial charge in [-0.15, -0.1) is 0 Å². The Bertz CT molecular complexity index is 325. The molecule has 4 radical (unpaired) electrons. The number of benzene rings is 1. The zero-order valence-electron chi connectivity index (χ0n) is 7.14. The maximum absolute atomic E-state index is 5.65. The van der Waals surface area contributed by atoms with Gasteiger partial charge in [-0.2, -0.15) is 0 Å². The highest BCUT2D eigenvalue weighted by molar-refractivity contribution is 6.43. The molecule has 0 aromatic heterocycles. The van der Waals surface area contributed by atoms with Gasteiger partial charge in [-0.3, -0.25) is 4.99 Å². The third-order valence-electron chi connectivity index (χ3n) is 1.50. The maximum atomic E-state index is 5.65. The van der Waals surface area contributed by atoms with Crippen molar-refractivity contribution < 1.29 is 0 Å². The van der Waals surface area contributed by atoms with Gasteiger partial charge in [0.2, 0.25) is 0 Å². The average molecular weight is 166 g/mol. The van der Waals surface area contributed by atoms with Crippen molar-refractivity contribution in [3.63, 3.8) is 0 Å². The normalized spacial score (nSPS) is 11.4. The van der Waals surface area contributed by atoms with Gasteiger partial charge in [0.25, 0.3) is 0 Å². The maximum Gasteiger partial charge on any atom is 0.116 e. The zero-order valence-corrected chi connectivity index (χ0v) is 7.14. The Morgan fingerprint density at radius 1 is 1.23 bits per heavy atom. The number of rotatable bonds is 2. The SMILES string of the molecule is [B]c1cccc([B])c1N=C/C=C\N. The van der Waals surface area contributed by atoms with Gasteiger partial charge in [-0.25, -0.2) is 0 Å². The largest absolute Gasteiger partial charge is 0.405 e. The second-order valence-electron chi connectivity index (χ2n) is 2.45. The summed E-state index contributed by atoms with van der Waals surface area (Å²) in [5, 5.41) is 0. The monoisotopic (exact) mass is 166 g/mol. The molecule has 0 spiro atoms. The average Bonchev–Trinajstić information content (AvgIpc) is 2.10. The minimum atomic E-state index is 0.557. The molecule has 0 bridgehead atoms. The summed E-state index contributed by atoms with van der Waals surface area (Å²) >= 11 is 0. The van der Waals surface area contributed by atoms with E-state index in [2.05, 4.69) is 4.99 Å². The molecule has 0 heterocycles. The molecule has 0 amide bonds. The summed E-state index contributed by atoms with van der Waals surface area (Å²) < 4.78 is 0. The highest BCUT2D eigenvalue weighted by Gasteiger charge is 1.96. The van der Waals surface area contributed by atoms with Gasteiger partial charge in [-0.1, -0.05) is 29.1 Å². The Hall–Kier alpha value is -1.44. The van der Waals surface area contributed by atoms with Gasteiger partial charge >= 0.3 is 0 Å². The number of hydrogen-bond donors (Lipinski definition) is 1. The molecule has 4 heteroatoms. The van der Waals surface area contributed by atoms with Crippen LogP contribution in [-0.2, 0) is 0 Å². The second-order valence-corrected chi connectivity index (χ2v) is 2.45. The predicted octanol–water partition coefficient (Wildman–Crippen LogP) is -0.551. The summed E-state index contributed by atoms with van der Waals surface area (Å²) in [7, 11) is 11.3. The molecule has 0 aliphatic carbocycles. The van der Waals surface area contributed by atoms with Crippen LogP contribution in [0, 0.1) is 0 Å². The summed E-state index contributed by atoms with van der Waals surface area (Å²) in [6.07, 6.45) is 4.53. The topological polar surface area (TPSA) is 38.4 Å². The van der Waals surface area contributed by atoms with Crippen molar-refractivity contribution in [2.24, 2.45) is 10.7 Å². The first-order valence-electron chi connectivity index (χ1n) is 3.80. The van der Waals surface area contributed by atoms with Crippen LogP contribution in [0.15, 0.2) is 35.5 Å². The molecule has 1 rings (SSSR count). The van der Waals surface area contributed by atoms with E-state index in [-0.39, 0.29) is 0 Å². The fourth-order valence-corrected chi connectivity index (χ4v) is 0.896. The predicted molar refractivity (Wildman–Crippen MR) is 58.7 cm³/mol. The first-order valence-corrected chi connectivity index (χ1v) is 3.80. The molecule has 0 saturated carbocycles. The van der Waals surface area contributed by atoms with Gasteiger partial charge in [0.15, 0.2) is 0 Å². The molecule has 2 N–H and O–H groups in total. The molecule has 0 aliphatic heterocycles. The Kier molecular flexibility index (Phi) is 3.38. The molecule has 60 valence electrons.